The van der Waals surface area contributed by atoms with Gasteiger partial charge >= 0.3 is 5.69 Å². The number of aryl methyl sites for hydroxylation is 1. The molecule has 6 aliphatic rings. The van der Waals surface area contributed by atoms with Crippen molar-refractivity contribution in [3.05, 3.63) is 70.2 Å². The number of fused-ring (bicyclic) bond motifs is 4. The summed E-state index contributed by atoms with van der Waals surface area (Å²) in [6.07, 6.45) is 8.97. The summed E-state index contributed by atoms with van der Waals surface area (Å²) in [4.78, 5) is 76.4. The van der Waals surface area contributed by atoms with Crippen molar-refractivity contribution in [2.75, 3.05) is 56.1 Å². The van der Waals surface area contributed by atoms with Crippen LogP contribution in [0.2, 0.25) is 0 Å². The summed E-state index contributed by atoms with van der Waals surface area (Å²) in [7, 11) is 1.65. The number of likely N-dealkylation sites (tertiary alicyclic amines) is 2. The third kappa shape index (κ3) is 7.47. The van der Waals surface area contributed by atoms with Crippen LogP contribution in [0, 0.1) is 11.3 Å². The fraction of sp³-hybridized carbons (Fsp3) is 0.556. The number of morpholine rings is 1. The van der Waals surface area contributed by atoms with Gasteiger partial charge in [0.05, 0.1) is 54.1 Å². The number of piperidine rings is 2. The van der Waals surface area contributed by atoms with E-state index in [-0.39, 0.29) is 71.6 Å². The van der Waals surface area contributed by atoms with Crippen molar-refractivity contribution in [2.45, 2.75) is 94.9 Å². The molecule has 11 rings (SSSR count). The minimum atomic E-state index is -2.87. The van der Waals surface area contributed by atoms with Crippen molar-refractivity contribution < 1.29 is 32.7 Å². The number of carbonyl (C=O) groups excluding carboxylic acids is 4. The van der Waals surface area contributed by atoms with Gasteiger partial charge in [0, 0.05) is 57.5 Å². The fourth-order valence-corrected chi connectivity index (χ4v) is 11.5. The summed E-state index contributed by atoms with van der Waals surface area (Å²) in [6, 6.07) is 6.69. The topological polar surface area (TPSA) is 186 Å². The van der Waals surface area contributed by atoms with Gasteiger partial charge in [-0.2, -0.15) is 10.2 Å². The van der Waals surface area contributed by atoms with Gasteiger partial charge in [-0.1, -0.05) is 12.1 Å². The predicted molar refractivity (Wildman–Crippen MR) is 232 cm³/mol. The van der Waals surface area contributed by atoms with Crippen molar-refractivity contribution in [3.8, 4) is 0 Å². The monoisotopic (exact) mass is 894 g/mol. The number of amides is 4. The molecule has 20 heteroatoms. The van der Waals surface area contributed by atoms with Crippen LogP contribution in [0.3, 0.4) is 0 Å². The van der Waals surface area contributed by atoms with Crippen LogP contribution in [0.15, 0.2) is 47.7 Å². The third-order valence-corrected chi connectivity index (χ3v) is 15.1. The Morgan fingerprint density at radius 1 is 1.03 bits per heavy atom. The third-order valence-electron chi connectivity index (χ3n) is 15.1. The molecule has 1 saturated carbocycles. The smallest absolute Gasteiger partial charge is 0.329 e. The molecule has 1 spiro atoms. The number of imide groups is 1. The molecule has 4 amide bonds. The zero-order valence-electron chi connectivity index (χ0n) is 36.2. The number of benzene rings is 1. The highest BCUT2D eigenvalue weighted by molar-refractivity contribution is 6.08. The number of alkyl halides is 2. The highest BCUT2D eigenvalue weighted by atomic mass is 19.3. The number of aromatic nitrogens is 7. The maximum Gasteiger partial charge on any atom is 0.329 e. The quantitative estimate of drug-likeness (QED) is 0.195. The molecule has 1 unspecified atom stereocenters. The first-order valence-electron chi connectivity index (χ1n) is 22.8. The lowest BCUT2D eigenvalue weighted by Crippen LogP contribution is -2.62. The van der Waals surface area contributed by atoms with E-state index in [1.807, 2.05) is 17.0 Å². The molecular weight excluding hydrogens is 843 g/mol. The molecule has 5 aromatic rings. The van der Waals surface area contributed by atoms with Crippen molar-refractivity contribution in [3.63, 3.8) is 0 Å². The molecule has 65 heavy (non-hydrogen) atoms. The molecule has 2 bridgehead atoms. The zero-order valence-corrected chi connectivity index (χ0v) is 36.2. The van der Waals surface area contributed by atoms with Gasteiger partial charge in [0.1, 0.15) is 17.4 Å². The molecule has 6 fully saturated rings. The van der Waals surface area contributed by atoms with E-state index in [0.717, 1.165) is 82.5 Å². The number of para-hydroxylation sites is 1. The molecule has 5 saturated heterocycles. The van der Waals surface area contributed by atoms with Crippen LogP contribution in [0.5, 0.6) is 0 Å². The van der Waals surface area contributed by atoms with Gasteiger partial charge in [0.15, 0.2) is 11.3 Å². The van der Waals surface area contributed by atoms with E-state index < -0.39 is 30.0 Å². The summed E-state index contributed by atoms with van der Waals surface area (Å²) in [5.74, 6) is -0.204. The normalized spacial score (nSPS) is 25.6. The van der Waals surface area contributed by atoms with E-state index >= 15 is 0 Å². The zero-order chi connectivity index (χ0) is 44.7. The van der Waals surface area contributed by atoms with Crippen molar-refractivity contribution in [1.29, 1.82) is 0 Å². The highest BCUT2D eigenvalue weighted by Crippen LogP contribution is 2.42. The van der Waals surface area contributed by atoms with Gasteiger partial charge in [-0.05, 0) is 88.1 Å². The van der Waals surface area contributed by atoms with E-state index in [4.69, 9.17) is 9.72 Å². The lowest BCUT2D eigenvalue weighted by molar-refractivity contribution is -0.146. The Hall–Kier alpha value is -6.02. The van der Waals surface area contributed by atoms with Crippen LogP contribution >= 0.6 is 0 Å². The van der Waals surface area contributed by atoms with Crippen molar-refractivity contribution >= 4 is 51.8 Å². The minimum Gasteiger partial charge on any atom is -0.374 e. The summed E-state index contributed by atoms with van der Waals surface area (Å²) in [5, 5.41) is 13.6. The standard InChI is InChI=1S/C45H52F2N12O6/c1-53-39-27(3-2-4-33(39)59(44(53)64)34-9-10-36(60)51-43(34)63)17-37(61)55-24-45(25-55)12-15-54(16-13-45)20-26-5-7-28(8-6-26)58-22-32(38(52-58)40(46)47)49-42(62)31-19-48-57-14-11-35(50-41(31)57)56-21-30-18-29(56)23-65-30/h2-4,11,14,19,22,26,28-30,34,40H,5-10,12-13,15-18,20-21,23-25H2,1H3,(H,49,62)(H,51,60,63)/t26?,28?,29-,30-,34?/m1/s1. The van der Waals surface area contributed by atoms with Crippen LogP contribution < -0.4 is 21.2 Å². The van der Waals surface area contributed by atoms with Crippen LogP contribution in [0.1, 0.15) is 97.9 Å². The van der Waals surface area contributed by atoms with E-state index in [0.29, 0.717) is 42.3 Å². The van der Waals surface area contributed by atoms with Crippen molar-refractivity contribution in [2.24, 2.45) is 18.4 Å². The first-order valence-corrected chi connectivity index (χ1v) is 22.8. The molecule has 0 radical (unpaired) electrons. The molecular formula is C45H52F2N12O6. The SMILES string of the molecule is Cn1c(=O)n(C2CCC(=O)NC2=O)c2cccc(CC(=O)N3CC4(CCN(CC5CCC(n6cc(NC(=O)c7cnn8ccc(N9C[C@H]%10C[C@@H]9CO%10)nc78)c(C(F)F)n6)CC5)CC4)C3)c21. The molecule has 4 aromatic heterocycles. The number of ether oxygens (including phenoxy) is 1. The number of hydrogen-bond donors (Lipinski definition) is 2. The maximum atomic E-state index is 14.3. The molecule has 342 valence electrons. The fourth-order valence-electron chi connectivity index (χ4n) is 11.5. The van der Waals surface area contributed by atoms with Crippen LogP contribution in [-0.4, -0.2) is 125 Å². The summed E-state index contributed by atoms with van der Waals surface area (Å²) < 4.78 is 40.5. The van der Waals surface area contributed by atoms with E-state index in [9.17, 15) is 32.8 Å². The Morgan fingerprint density at radius 3 is 2.55 bits per heavy atom. The highest BCUT2D eigenvalue weighted by Gasteiger charge is 2.47. The van der Waals surface area contributed by atoms with Gasteiger partial charge in [-0.3, -0.25) is 38.3 Å². The van der Waals surface area contributed by atoms with Gasteiger partial charge < -0.3 is 24.8 Å². The Bertz CT molecular complexity index is 2770. The first-order chi connectivity index (χ1) is 31.4. The van der Waals surface area contributed by atoms with Crippen molar-refractivity contribution in [1.82, 2.24) is 48.6 Å². The Kier molecular flexibility index (Phi) is 10.3. The summed E-state index contributed by atoms with van der Waals surface area (Å²) in [6.45, 7) is 5.66. The van der Waals surface area contributed by atoms with Gasteiger partial charge in [0.2, 0.25) is 17.7 Å². The molecule has 3 atom stereocenters. The lowest BCUT2D eigenvalue weighted by Gasteiger charge is -2.54. The first kappa shape index (κ1) is 41.7. The van der Waals surface area contributed by atoms with Crippen LogP contribution in [0.25, 0.3) is 16.7 Å². The Morgan fingerprint density at radius 2 is 1.83 bits per heavy atom. The molecule has 9 heterocycles. The maximum absolute atomic E-state index is 14.3. The van der Waals surface area contributed by atoms with Gasteiger partial charge in [-0.25, -0.2) is 23.1 Å². The average molecular weight is 895 g/mol. The molecule has 5 aliphatic heterocycles. The number of rotatable bonds is 10. The average Bonchev–Trinajstić information content (AvgIpc) is 4.14. The number of nitrogens with one attached hydrogen (secondary N) is 2. The summed E-state index contributed by atoms with van der Waals surface area (Å²) >= 11 is 0. The van der Waals surface area contributed by atoms with E-state index in [1.54, 1.807) is 30.1 Å². The minimum absolute atomic E-state index is 0.00869. The number of anilines is 2. The number of nitrogens with zero attached hydrogens (tertiary/aromatic N) is 10. The second-order valence-corrected chi connectivity index (χ2v) is 19.1. The van der Waals surface area contributed by atoms with Gasteiger partial charge in [0.25, 0.3) is 12.3 Å². The Labute approximate surface area is 371 Å². The molecule has 1 aromatic carbocycles. The number of halogens is 2. The largest absolute Gasteiger partial charge is 0.374 e. The van der Waals surface area contributed by atoms with Crippen LogP contribution in [-0.2, 0) is 32.6 Å². The summed E-state index contributed by atoms with van der Waals surface area (Å²) in [5.41, 5.74) is 1.73. The van der Waals surface area contributed by atoms with Crippen LogP contribution in [0.4, 0.5) is 20.3 Å². The van der Waals surface area contributed by atoms with E-state index in [2.05, 4.69) is 30.6 Å². The Balaban J connectivity index is 0.663. The second kappa shape index (κ2) is 16.1. The van der Waals surface area contributed by atoms with Gasteiger partial charge in [-0.15, -0.1) is 0 Å². The number of carbonyl (C=O) groups is 4. The second-order valence-electron chi connectivity index (χ2n) is 19.1. The van der Waals surface area contributed by atoms with E-state index in [1.165, 1.54) is 26.0 Å². The predicted octanol–water partition coefficient (Wildman–Crippen LogP) is 3.62. The number of imidazole rings is 1. The lowest BCUT2D eigenvalue weighted by atomic mass is 9.71. The molecule has 2 N–H and O–H groups in total. The number of hydrogen-bond acceptors (Lipinski definition) is 11. The molecule has 18 nitrogen and oxygen atoms in total. The molecule has 1 aliphatic carbocycles.